The Morgan fingerprint density at radius 2 is 1.90 bits per heavy atom. The van der Waals surface area contributed by atoms with Gasteiger partial charge in [0.2, 0.25) is 0 Å². The molecule has 0 saturated carbocycles. The van der Waals surface area contributed by atoms with Crippen LogP contribution in [-0.2, 0) is 6.42 Å². The first-order valence-electron chi connectivity index (χ1n) is 6.21. The molecule has 8 heteroatoms. The summed E-state index contributed by atoms with van der Waals surface area (Å²) in [6.45, 7) is 2.10. The highest BCUT2D eigenvalue weighted by atomic mass is 32.2. The van der Waals surface area contributed by atoms with Gasteiger partial charge in [-0.2, -0.15) is 0 Å². The van der Waals surface area contributed by atoms with Crippen molar-refractivity contribution in [3.8, 4) is 0 Å². The normalized spacial score (nSPS) is 11.1. The number of fused-ring (bicyclic) bond motifs is 1. The van der Waals surface area contributed by atoms with Gasteiger partial charge in [0.25, 0.3) is 0 Å². The number of imidazole rings is 1. The van der Waals surface area contributed by atoms with Crippen molar-refractivity contribution in [1.29, 1.82) is 0 Å². The number of nitrogens with one attached hydrogen (secondary N) is 1. The Kier molecular flexibility index (Phi) is 3.46. The molecule has 3 rings (SSSR count). The summed E-state index contributed by atoms with van der Waals surface area (Å²) in [7, 11) is 0. The minimum Gasteiger partial charge on any atom is -0.383 e. The minimum atomic E-state index is 0.527. The SMILES string of the molecule is CCCc1c(N)ncnc1Sc1ncnc2nc[nH]c12. The predicted molar refractivity (Wildman–Crippen MR) is 76.2 cm³/mol. The lowest BCUT2D eigenvalue weighted by atomic mass is 10.2. The molecule has 0 unspecified atom stereocenters. The van der Waals surface area contributed by atoms with Gasteiger partial charge in [0, 0.05) is 5.56 Å². The maximum absolute atomic E-state index is 5.94. The average molecular weight is 287 g/mol. The fourth-order valence-electron chi connectivity index (χ4n) is 1.89. The third-order valence-corrected chi connectivity index (χ3v) is 3.87. The van der Waals surface area contributed by atoms with Crippen LogP contribution < -0.4 is 5.73 Å². The second-order valence-electron chi connectivity index (χ2n) is 4.17. The molecule has 0 fully saturated rings. The Labute approximate surface area is 119 Å². The van der Waals surface area contributed by atoms with Crippen LogP contribution in [-0.4, -0.2) is 29.9 Å². The standard InChI is InChI=1S/C12H13N7S/c1-2-3-7-9(13)15-5-18-11(7)20-12-8-10(16-4-14-8)17-6-19-12/h4-6H,2-3H2,1H3,(H2,13,15,18)(H,14,16,17,19). The van der Waals surface area contributed by atoms with Crippen molar-refractivity contribution >= 4 is 28.7 Å². The molecule has 0 saturated heterocycles. The zero-order valence-corrected chi connectivity index (χ0v) is 11.7. The summed E-state index contributed by atoms with van der Waals surface area (Å²) in [6, 6.07) is 0. The van der Waals surface area contributed by atoms with Gasteiger partial charge in [0.15, 0.2) is 5.65 Å². The van der Waals surface area contributed by atoms with E-state index in [1.807, 2.05) is 0 Å². The Bertz CT molecular complexity index is 740. The van der Waals surface area contributed by atoms with Crippen molar-refractivity contribution in [3.63, 3.8) is 0 Å². The van der Waals surface area contributed by atoms with E-state index in [2.05, 4.69) is 36.8 Å². The van der Waals surface area contributed by atoms with E-state index in [0.717, 1.165) is 34.0 Å². The Morgan fingerprint density at radius 3 is 2.75 bits per heavy atom. The van der Waals surface area contributed by atoms with Crippen molar-refractivity contribution in [2.75, 3.05) is 5.73 Å². The molecule has 0 aliphatic heterocycles. The van der Waals surface area contributed by atoms with Crippen LogP contribution in [0.15, 0.2) is 29.0 Å². The molecule has 0 radical (unpaired) electrons. The molecule has 3 aromatic heterocycles. The molecule has 3 heterocycles. The number of nitrogens with zero attached hydrogens (tertiary/aromatic N) is 5. The molecule has 7 nitrogen and oxygen atoms in total. The first-order valence-corrected chi connectivity index (χ1v) is 7.02. The monoisotopic (exact) mass is 287 g/mol. The lowest BCUT2D eigenvalue weighted by Gasteiger charge is -2.08. The molecule has 0 atom stereocenters. The molecule has 0 bridgehead atoms. The summed E-state index contributed by atoms with van der Waals surface area (Å²) in [5.74, 6) is 0.527. The summed E-state index contributed by atoms with van der Waals surface area (Å²) in [6.07, 6.45) is 6.39. The molecular weight excluding hydrogens is 274 g/mol. The van der Waals surface area contributed by atoms with Gasteiger partial charge < -0.3 is 10.7 Å². The Morgan fingerprint density at radius 1 is 1.10 bits per heavy atom. The molecule has 0 spiro atoms. The van der Waals surface area contributed by atoms with Crippen molar-refractivity contribution < 1.29 is 0 Å². The van der Waals surface area contributed by atoms with Gasteiger partial charge in [-0.05, 0) is 18.2 Å². The Balaban J connectivity index is 2.03. The smallest absolute Gasteiger partial charge is 0.181 e. The van der Waals surface area contributed by atoms with Gasteiger partial charge in [-0.25, -0.2) is 24.9 Å². The topological polar surface area (TPSA) is 106 Å². The first kappa shape index (κ1) is 12.8. The molecule has 102 valence electrons. The molecule has 0 amide bonds. The summed E-state index contributed by atoms with van der Waals surface area (Å²) in [4.78, 5) is 23.9. The van der Waals surface area contributed by atoms with Crippen molar-refractivity contribution in [2.45, 2.75) is 29.8 Å². The summed E-state index contributed by atoms with van der Waals surface area (Å²) >= 11 is 1.45. The van der Waals surface area contributed by atoms with Gasteiger partial charge in [-0.1, -0.05) is 13.3 Å². The first-order chi connectivity index (χ1) is 9.79. The van der Waals surface area contributed by atoms with Gasteiger partial charge >= 0.3 is 0 Å². The third kappa shape index (κ3) is 2.29. The van der Waals surface area contributed by atoms with Crippen LogP contribution in [0, 0.1) is 0 Å². The molecule has 20 heavy (non-hydrogen) atoms. The van der Waals surface area contributed by atoms with E-state index in [-0.39, 0.29) is 0 Å². The lowest BCUT2D eigenvalue weighted by Crippen LogP contribution is -2.02. The van der Waals surface area contributed by atoms with E-state index in [1.54, 1.807) is 6.33 Å². The van der Waals surface area contributed by atoms with Crippen molar-refractivity contribution in [1.82, 2.24) is 29.9 Å². The molecule has 3 aromatic rings. The number of hydrogen-bond acceptors (Lipinski definition) is 7. The highest BCUT2D eigenvalue weighted by molar-refractivity contribution is 7.99. The number of aromatic amines is 1. The van der Waals surface area contributed by atoms with Crippen LogP contribution in [0.2, 0.25) is 0 Å². The lowest BCUT2D eigenvalue weighted by molar-refractivity contribution is 0.861. The van der Waals surface area contributed by atoms with E-state index < -0.39 is 0 Å². The molecular formula is C12H13N7S. The molecule has 3 N–H and O–H groups in total. The largest absolute Gasteiger partial charge is 0.383 e. The van der Waals surface area contributed by atoms with Gasteiger partial charge in [0.1, 0.15) is 34.0 Å². The van der Waals surface area contributed by atoms with Crippen LogP contribution in [0.1, 0.15) is 18.9 Å². The van der Waals surface area contributed by atoms with Crippen molar-refractivity contribution in [3.05, 3.63) is 24.5 Å². The molecule has 0 aliphatic rings. The minimum absolute atomic E-state index is 0.527. The number of rotatable bonds is 4. The fourth-order valence-corrected chi connectivity index (χ4v) is 2.86. The second-order valence-corrected chi connectivity index (χ2v) is 5.15. The van der Waals surface area contributed by atoms with E-state index in [9.17, 15) is 0 Å². The number of hydrogen-bond donors (Lipinski definition) is 2. The van der Waals surface area contributed by atoms with Crippen LogP contribution in [0.3, 0.4) is 0 Å². The molecule has 0 aliphatic carbocycles. The van der Waals surface area contributed by atoms with E-state index in [1.165, 1.54) is 24.4 Å². The predicted octanol–water partition coefficient (Wildman–Crippen LogP) is 1.83. The highest BCUT2D eigenvalue weighted by Gasteiger charge is 2.13. The molecule has 0 aromatic carbocycles. The van der Waals surface area contributed by atoms with E-state index in [0.29, 0.717) is 11.5 Å². The quantitative estimate of drug-likeness (QED) is 0.705. The summed E-state index contributed by atoms with van der Waals surface area (Å²) in [5.41, 5.74) is 8.34. The van der Waals surface area contributed by atoms with E-state index in [4.69, 9.17) is 5.73 Å². The number of aromatic nitrogens is 6. The summed E-state index contributed by atoms with van der Waals surface area (Å²) < 4.78 is 0. The zero-order valence-electron chi connectivity index (χ0n) is 10.9. The number of anilines is 1. The summed E-state index contributed by atoms with van der Waals surface area (Å²) in [5, 5.41) is 1.61. The van der Waals surface area contributed by atoms with E-state index >= 15 is 0 Å². The van der Waals surface area contributed by atoms with Crippen LogP contribution in [0.5, 0.6) is 0 Å². The van der Waals surface area contributed by atoms with Gasteiger partial charge in [-0.15, -0.1) is 0 Å². The Hall–Kier alpha value is -2.22. The third-order valence-electron chi connectivity index (χ3n) is 2.82. The van der Waals surface area contributed by atoms with Crippen LogP contribution in [0.4, 0.5) is 5.82 Å². The van der Waals surface area contributed by atoms with Gasteiger partial charge in [0.05, 0.1) is 6.33 Å². The second kappa shape index (κ2) is 5.41. The zero-order chi connectivity index (χ0) is 13.9. The fraction of sp³-hybridized carbons (Fsp3) is 0.250. The van der Waals surface area contributed by atoms with Crippen LogP contribution >= 0.6 is 11.8 Å². The number of nitrogen functional groups attached to an aromatic ring is 1. The average Bonchev–Trinajstić information content (AvgIpc) is 2.92. The number of nitrogens with two attached hydrogens (primary N) is 1. The number of H-pyrrole nitrogens is 1. The van der Waals surface area contributed by atoms with Gasteiger partial charge in [-0.3, -0.25) is 0 Å². The maximum atomic E-state index is 5.94. The van der Waals surface area contributed by atoms with Crippen molar-refractivity contribution in [2.24, 2.45) is 0 Å². The highest BCUT2D eigenvalue weighted by Crippen LogP contribution is 2.32. The van der Waals surface area contributed by atoms with Crippen LogP contribution in [0.25, 0.3) is 11.2 Å². The maximum Gasteiger partial charge on any atom is 0.181 e.